The van der Waals surface area contributed by atoms with Gasteiger partial charge in [0.1, 0.15) is 11.5 Å². The molecule has 2 aromatic carbocycles. The molecule has 12 heteroatoms. The first-order valence-electron chi connectivity index (χ1n) is 12.6. The molecule has 3 N–H and O–H groups in total. The summed E-state index contributed by atoms with van der Waals surface area (Å²) in [5.41, 5.74) is 6.88. The van der Waals surface area contributed by atoms with E-state index in [2.05, 4.69) is 10.4 Å². The lowest BCUT2D eigenvalue weighted by atomic mass is 10.0. The number of halogens is 3. The van der Waals surface area contributed by atoms with E-state index in [1.165, 1.54) is 37.9 Å². The number of primary amides is 1. The number of nitrogens with zero attached hydrogens (tertiary/aromatic N) is 4. The average molecular weight is 563 g/mol. The second-order valence-electron chi connectivity index (χ2n) is 9.48. The molecule has 5 rings (SSSR count). The van der Waals surface area contributed by atoms with Gasteiger partial charge in [-0.3, -0.25) is 9.59 Å². The van der Waals surface area contributed by atoms with Crippen LogP contribution in [0, 0.1) is 6.92 Å². The van der Waals surface area contributed by atoms with Crippen molar-refractivity contribution in [3.63, 3.8) is 0 Å². The van der Waals surface area contributed by atoms with E-state index in [9.17, 15) is 27.6 Å². The Balaban J connectivity index is 1.63. The topological polar surface area (TPSA) is 116 Å². The minimum absolute atomic E-state index is 0.140. The largest absolute Gasteiger partial charge is 0.416 e. The van der Waals surface area contributed by atoms with Gasteiger partial charge in [-0.05, 0) is 67.4 Å². The minimum Gasteiger partial charge on any atom is -0.366 e. The summed E-state index contributed by atoms with van der Waals surface area (Å²) in [4.78, 5) is 37.4. The van der Waals surface area contributed by atoms with Gasteiger partial charge in [0.05, 0.1) is 11.3 Å². The van der Waals surface area contributed by atoms with Crippen LogP contribution in [-0.2, 0) is 19.6 Å². The molecule has 3 heterocycles. The number of carbonyl (C=O) groups is 2. The third-order valence-corrected chi connectivity index (χ3v) is 6.79. The molecule has 0 atom stereocenters. The van der Waals surface area contributed by atoms with Crippen molar-refractivity contribution in [3.05, 3.63) is 106 Å². The Bertz CT molecular complexity index is 1880. The van der Waals surface area contributed by atoms with Crippen molar-refractivity contribution in [3.8, 4) is 16.8 Å². The zero-order valence-electron chi connectivity index (χ0n) is 22.3. The Labute approximate surface area is 231 Å². The van der Waals surface area contributed by atoms with Crippen LogP contribution in [0.4, 0.5) is 18.9 Å². The number of carbonyl (C=O) groups excluding carboxylic acids is 2. The Morgan fingerprint density at radius 1 is 1.02 bits per heavy atom. The van der Waals surface area contributed by atoms with Crippen molar-refractivity contribution < 1.29 is 22.8 Å². The molecule has 9 nitrogen and oxygen atoms in total. The zero-order chi connectivity index (χ0) is 29.6. The van der Waals surface area contributed by atoms with Gasteiger partial charge < -0.3 is 15.5 Å². The number of anilines is 1. The molecule has 0 fully saturated rings. The van der Waals surface area contributed by atoms with Gasteiger partial charge in [-0.2, -0.15) is 18.3 Å². The highest BCUT2D eigenvalue weighted by Gasteiger charge is 2.33. The SMILES string of the molecule is CCc1c(-c2ccc(-n3c(C)nn(C)c3=O)cc2)cc2cc(C(F)(F)F)cc(C(=O)Nc3cccc(C(N)=O)c3)n12. The predicted molar refractivity (Wildman–Crippen MR) is 147 cm³/mol. The van der Waals surface area contributed by atoms with E-state index in [4.69, 9.17) is 5.73 Å². The number of hydrogen-bond acceptors (Lipinski definition) is 4. The summed E-state index contributed by atoms with van der Waals surface area (Å²) < 4.78 is 45.8. The number of pyridine rings is 1. The average Bonchev–Trinajstić information content (AvgIpc) is 3.43. The van der Waals surface area contributed by atoms with E-state index >= 15 is 0 Å². The number of alkyl halides is 3. The van der Waals surface area contributed by atoms with Gasteiger partial charge in [-0.1, -0.05) is 25.1 Å². The first kappa shape index (κ1) is 27.4. The van der Waals surface area contributed by atoms with Crippen molar-refractivity contribution in [1.82, 2.24) is 18.7 Å². The number of hydrogen-bond donors (Lipinski definition) is 2. The Morgan fingerprint density at radius 3 is 2.32 bits per heavy atom. The van der Waals surface area contributed by atoms with Crippen LogP contribution >= 0.6 is 0 Å². The normalized spacial score (nSPS) is 11.7. The van der Waals surface area contributed by atoms with Gasteiger partial charge in [0.15, 0.2) is 0 Å². The fraction of sp³-hybridized carbons (Fsp3) is 0.172. The summed E-state index contributed by atoms with van der Waals surface area (Å²) >= 11 is 0. The Kier molecular flexibility index (Phi) is 6.77. The van der Waals surface area contributed by atoms with E-state index in [0.717, 1.165) is 12.1 Å². The molecule has 2 amide bonds. The highest BCUT2D eigenvalue weighted by molar-refractivity contribution is 6.05. The number of aryl methyl sites for hydroxylation is 3. The highest BCUT2D eigenvalue weighted by atomic mass is 19.4. The number of benzene rings is 2. The highest BCUT2D eigenvalue weighted by Crippen LogP contribution is 2.35. The fourth-order valence-corrected chi connectivity index (χ4v) is 4.93. The first-order chi connectivity index (χ1) is 19.4. The van der Waals surface area contributed by atoms with Gasteiger partial charge in [-0.15, -0.1) is 0 Å². The lowest BCUT2D eigenvalue weighted by molar-refractivity contribution is -0.137. The summed E-state index contributed by atoms with van der Waals surface area (Å²) in [5, 5.41) is 6.72. The smallest absolute Gasteiger partial charge is 0.366 e. The standard InChI is InChI=1S/C29H25F3N6O3/c1-4-24-23(17-8-10-21(11-9-17)37-16(2)35-36(3)28(37)41)15-22-13-19(29(30,31)32)14-25(38(22)24)27(40)34-20-7-5-6-18(12-20)26(33)39/h5-15H,4H2,1-3H3,(H2,33,39)(H,34,40). The van der Waals surface area contributed by atoms with Crippen molar-refractivity contribution in [2.45, 2.75) is 26.4 Å². The number of nitrogens with one attached hydrogen (secondary N) is 1. The van der Waals surface area contributed by atoms with Gasteiger partial charge in [-0.25, -0.2) is 14.0 Å². The maximum atomic E-state index is 13.9. The molecule has 0 radical (unpaired) electrons. The third-order valence-electron chi connectivity index (χ3n) is 6.79. The minimum atomic E-state index is -4.70. The van der Waals surface area contributed by atoms with Crippen LogP contribution in [0.5, 0.6) is 0 Å². The van der Waals surface area contributed by atoms with Crippen LogP contribution in [0.1, 0.15) is 44.9 Å². The predicted octanol–water partition coefficient (Wildman–Crippen LogP) is 4.73. The molecule has 0 saturated heterocycles. The van der Waals surface area contributed by atoms with Crippen LogP contribution in [0.2, 0.25) is 0 Å². The molecule has 0 aliphatic heterocycles. The number of fused-ring (bicyclic) bond motifs is 1. The number of amides is 2. The van der Waals surface area contributed by atoms with Crippen molar-refractivity contribution in [2.75, 3.05) is 5.32 Å². The molecular formula is C29H25F3N6O3. The molecule has 210 valence electrons. The van der Waals surface area contributed by atoms with Crippen LogP contribution in [0.25, 0.3) is 22.3 Å². The first-order valence-corrected chi connectivity index (χ1v) is 12.6. The molecule has 0 unspecified atom stereocenters. The second-order valence-corrected chi connectivity index (χ2v) is 9.48. The van der Waals surface area contributed by atoms with E-state index < -0.39 is 23.6 Å². The molecule has 0 aliphatic carbocycles. The van der Waals surface area contributed by atoms with Crippen LogP contribution < -0.4 is 16.7 Å². The summed E-state index contributed by atoms with van der Waals surface area (Å²) in [7, 11) is 1.55. The van der Waals surface area contributed by atoms with Crippen LogP contribution in [0.15, 0.2) is 71.5 Å². The molecular weight excluding hydrogens is 537 g/mol. The van der Waals surface area contributed by atoms with Gasteiger partial charge in [0.2, 0.25) is 5.91 Å². The van der Waals surface area contributed by atoms with Crippen LogP contribution in [0.3, 0.4) is 0 Å². The van der Waals surface area contributed by atoms with E-state index in [0.29, 0.717) is 34.8 Å². The summed E-state index contributed by atoms with van der Waals surface area (Å²) in [6.45, 7) is 3.55. The van der Waals surface area contributed by atoms with Gasteiger partial charge >= 0.3 is 11.9 Å². The van der Waals surface area contributed by atoms with E-state index in [1.54, 1.807) is 44.3 Å². The van der Waals surface area contributed by atoms with E-state index in [1.807, 2.05) is 6.92 Å². The summed E-state index contributed by atoms with van der Waals surface area (Å²) in [5.74, 6) is -0.993. The van der Waals surface area contributed by atoms with Crippen LogP contribution in [-0.4, -0.2) is 30.6 Å². The van der Waals surface area contributed by atoms with Crippen molar-refractivity contribution in [2.24, 2.45) is 12.8 Å². The zero-order valence-corrected chi connectivity index (χ0v) is 22.3. The summed E-state index contributed by atoms with van der Waals surface area (Å²) in [6.07, 6.45) is -4.30. The lowest BCUT2D eigenvalue weighted by Gasteiger charge is -2.15. The molecule has 0 saturated carbocycles. The third kappa shape index (κ3) is 4.99. The molecule has 0 aliphatic rings. The molecule has 0 spiro atoms. The second kappa shape index (κ2) is 10.1. The molecule has 5 aromatic rings. The summed E-state index contributed by atoms with van der Waals surface area (Å²) in [6, 6.07) is 16.2. The van der Waals surface area contributed by atoms with Gasteiger partial charge in [0, 0.05) is 35.1 Å². The molecule has 41 heavy (non-hydrogen) atoms. The monoisotopic (exact) mass is 562 g/mol. The maximum absolute atomic E-state index is 13.9. The lowest BCUT2D eigenvalue weighted by Crippen LogP contribution is -2.21. The maximum Gasteiger partial charge on any atom is 0.416 e. The van der Waals surface area contributed by atoms with E-state index in [-0.39, 0.29) is 28.2 Å². The Morgan fingerprint density at radius 2 is 1.73 bits per heavy atom. The van der Waals surface area contributed by atoms with Crippen molar-refractivity contribution in [1.29, 1.82) is 0 Å². The number of nitrogens with two attached hydrogens (primary N) is 1. The fourth-order valence-electron chi connectivity index (χ4n) is 4.93. The number of rotatable bonds is 6. The van der Waals surface area contributed by atoms with Gasteiger partial charge in [0.25, 0.3) is 5.91 Å². The number of aromatic nitrogens is 4. The van der Waals surface area contributed by atoms with Crippen molar-refractivity contribution >= 4 is 23.0 Å². The molecule has 0 bridgehead atoms. The Hall–Kier alpha value is -5.13. The molecule has 3 aromatic heterocycles. The quantitative estimate of drug-likeness (QED) is 0.311.